The third-order valence-corrected chi connectivity index (χ3v) is 3.79. The van der Waals surface area contributed by atoms with Crippen LogP contribution >= 0.6 is 11.3 Å². The molecule has 0 bridgehead atoms. The number of nitrogens with zero attached hydrogens (tertiary/aromatic N) is 1. The number of rotatable bonds is 4. The molecule has 3 nitrogen and oxygen atoms in total. The van der Waals surface area contributed by atoms with Gasteiger partial charge in [-0.15, -0.1) is 11.3 Å². The number of fused-ring (bicyclic) bond motifs is 1. The molecular formula is C15H14N2OS. The summed E-state index contributed by atoms with van der Waals surface area (Å²) in [7, 11) is 0. The van der Waals surface area contributed by atoms with Gasteiger partial charge in [-0.2, -0.15) is 0 Å². The molecular weight excluding hydrogens is 256 g/mol. The molecule has 0 saturated heterocycles. The Morgan fingerprint density at radius 3 is 2.84 bits per heavy atom. The molecule has 0 saturated carbocycles. The van der Waals surface area contributed by atoms with Crippen LogP contribution in [0.15, 0.2) is 47.8 Å². The maximum atomic E-state index is 5.79. The van der Waals surface area contributed by atoms with E-state index in [2.05, 4.69) is 11.1 Å². The highest BCUT2D eigenvalue weighted by Gasteiger charge is 2.05. The molecule has 19 heavy (non-hydrogen) atoms. The van der Waals surface area contributed by atoms with E-state index in [0.717, 1.165) is 16.5 Å². The Balaban J connectivity index is 1.91. The maximum absolute atomic E-state index is 5.79. The molecule has 0 aliphatic rings. The number of benzene rings is 1. The van der Waals surface area contributed by atoms with Crippen LogP contribution < -0.4 is 10.5 Å². The van der Waals surface area contributed by atoms with Gasteiger partial charge in [0.1, 0.15) is 6.61 Å². The number of hydrogen-bond donors (Lipinski definition) is 1. The Kier molecular flexibility index (Phi) is 3.44. The van der Waals surface area contributed by atoms with Crippen molar-refractivity contribution in [2.24, 2.45) is 5.73 Å². The highest BCUT2D eigenvalue weighted by molar-refractivity contribution is 7.09. The lowest BCUT2D eigenvalue weighted by molar-refractivity contribution is 0.298. The number of hydrogen-bond acceptors (Lipinski definition) is 4. The summed E-state index contributed by atoms with van der Waals surface area (Å²) in [6.07, 6.45) is 0. The molecule has 2 heterocycles. The zero-order chi connectivity index (χ0) is 13.1. The first-order valence-electron chi connectivity index (χ1n) is 6.11. The van der Waals surface area contributed by atoms with E-state index in [1.54, 1.807) is 11.3 Å². The fourth-order valence-corrected chi connectivity index (χ4v) is 2.62. The van der Waals surface area contributed by atoms with Crippen LogP contribution in [0.5, 0.6) is 5.88 Å². The van der Waals surface area contributed by atoms with Gasteiger partial charge in [-0.25, -0.2) is 4.98 Å². The first kappa shape index (κ1) is 12.1. The Hall–Kier alpha value is -1.91. The molecule has 0 unspecified atom stereocenters. The van der Waals surface area contributed by atoms with Crippen molar-refractivity contribution in [1.82, 2.24) is 4.98 Å². The van der Waals surface area contributed by atoms with E-state index in [9.17, 15) is 0 Å². The Labute approximate surface area is 115 Å². The van der Waals surface area contributed by atoms with Gasteiger partial charge in [-0.05, 0) is 23.1 Å². The van der Waals surface area contributed by atoms with Gasteiger partial charge >= 0.3 is 0 Å². The lowest BCUT2D eigenvalue weighted by atomic mass is 10.1. The number of thiophene rings is 1. The quantitative estimate of drug-likeness (QED) is 0.791. The smallest absolute Gasteiger partial charge is 0.214 e. The number of ether oxygens (including phenoxy) is 1. The van der Waals surface area contributed by atoms with Gasteiger partial charge in [0.25, 0.3) is 0 Å². The monoisotopic (exact) mass is 270 g/mol. The van der Waals surface area contributed by atoms with Crippen molar-refractivity contribution in [3.8, 4) is 5.88 Å². The van der Waals surface area contributed by atoms with Crippen molar-refractivity contribution in [2.45, 2.75) is 13.2 Å². The predicted molar refractivity (Wildman–Crippen MR) is 78.3 cm³/mol. The Morgan fingerprint density at radius 1 is 1.16 bits per heavy atom. The average Bonchev–Trinajstić information content (AvgIpc) is 2.97. The zero-order valence-electron chi connectivity index (χ0n) is 10.4. The molecule has 0 spiro atoms. The van der Waals surface area contributed by atoms with Crippen molar-refractivity contribution >= 4 is 22.2 Å². The molecule has 3 rings (SSSR count). The summed E-state index contributed by atoms with van der Waals surface area (Å²) in [5, 5.41) is 3.13. The second-order valence-corrected chi connectivity index (χ2v) is 5.24. The number of para-hydroxylation sites is 1. The van der Waals surface area contributed by atoms with E-state index in [4.69, 9.17) is 10.5 Å². The first-order valence-corrected chi connectivity index (χ1v) is 6.98. The Bertz CT molecular complexity index is 680. The molecule has 2 N–H and O–H groups in total. The third kappa shape index (κ3) is 2.59. The fourth-order valence-electron chi connectivity index (χ4n) is 2.00. The zero-order valence-corrected chi connectivity index (χ0v) is 11.2. The van der Waals surface area contributed by atoms with E-state index in [1.165, 1.54) is 4.88 Å². The van der Waals surface area contributed by atoms with E-state index in [0.29, 0.717) is 19.0 Å². The van der Waals surface area contributed by atoms with Crippen LogP contribution in [0.4, 0.5) is 0 Å². The minimum atomic E-state index is 0.485. The standard InChI is InChI=1S/C15H14N2OS/c16-9-11-8-15(18-10-12-4-3-7-19-12)17-14-6-2-1-5-13(11)14/h1-8H,9-10,16H2. The van der Waals surface area contributed by atoms with Gasteiger partial charge < -0.3 is 10.5 Å². The van der Waals surface area contributed by atoms with Gasteiger partial charge in [0.2, 0.25) is 5.88 Å². The van der Waals surface area contributed by atoms with Crippen LogP contribution in [0.1, 0.15) is 10.4 Å². The molecule has 0 radical (unpaired) electrons. The molecule has 0 aliphatic carbocycles. The summed E-state index contributed by atoms with van der Waals surface area (Å²) in [5.41, 5.74) is 7.78. The number of aromatic nitrogens is 1. The normalized spacial score (nSPS) is 10.8. The molecule has 96 valence electrons. The molecule has 0 amide bonds. The van der Waals surface area contributed by atoms with Crippen LogP contribution in [-0.2, 0) is 13.2 Å². The third-order valence-electron chi connectivity index (χ3n) is 2.94. The predicted octanol–water partition coefficient (Wildman–Crippen LogP) is 3.33. The minimum absolute atomic E-state index is 0.485. The Morgan fingerprint density at radius 2 is 2.05 bits per heavy atom. The molecule has 4 heteroatoms. The van der Waals surface area contributed by atoms with E-state index in [-0.39, 0.29) is 0 Å². The largest absolute Gasteiger partial charge is 0.472 e. The van der Waals surface area contributed by atoms with Gasteiger partial charge in [0.05, 0.1) is 5.52 Å². The highest BCUT2D eigenvalue weighted by atomic mass is 32.1. The topological polar surface area (TPSA) is 48.1 Å². The van der Waals surface area contributed by atoms with E-state index >= 15 is 0 Å². The van der Waals surface area contributed by atoms with Crippen LogP contribution in [-0.4, -0.2) is 4.98 Å². The molecule has 3 aromatic rings. The second kappa shape index (κ2) is 5.38. The molecule has 1 aromatic carbocycles. The first-order chi connectivity index (χ1) is 9.36. The summed E-state index contributed by atoms with van der Waals surface area (Å²) in [4.78, 5) is 5.69. The van der Waals surface area contributed by atoms with Crippen LogP contribution in [0.2, 0.25) is 0 Å². The average molecular weight is 270 g/mol. The van der Waals surface area contributed by atoms with Gasteiger partial charge in [-0.3, -0.25) is 0 Å². The second-order valence-electron chi connectivity index (χ2n) is 4.21. The molecule has 2 aromatic heterocycles. The van der Waals surface area contributed by atoms with Crippen molar-refractivity contribution in [1.29, 1.82) is 0 Å². The van der Waals surface area contributed by atoms with E-state index in [1.807, 2.05) is 41.8 Å². The van der Waals surface area contributed by atoms with Crippen molar-refractivity contribution in [3.05, 3.63) is 58.3 Å². The van der Waals surface area contributed by atoms with Crippen molar-refractivity contribution < 1.29 is 4.74 Å². The van der Waals surface area contributed by atoms with Crippen molar-refractivity contribution in [3.63, 3.8) is 0 Å². The summed E-state index contributed by atoms with van der Waals surface area (Å²) in [6.45, 7) is 1.03. The lowest BCUT2D eigenvalue weighted by Crippen LogP contribution is -2.01. The number of nitrogens with two attached hydrogens (primary N) is 1. The van der Waals surface area contributed by atoms with Gasteiger partial charge in [0, 0.05) is 22.9 Å². The summed E-state index contributed by atoms with van der Waals surface area (Å²) >= 11 is 1.68. The van der Waals surface area contributed by atoms with Crippen molar-refractivity contribution in [2.75, 3.05) is 0 Å². The highest BCUT2D eigenvalue weighted by Crippen LogP contribution is 2.22. The number of pyridine rings is 1. The SMILES string of the molecule is NCc1cc(OCc2cccs2)nc2ccccc12. The van der Waals surface area contributed by atoms with Gasteiger partial charge in [-0.1, -0.05) is 24.3 Å². The van der Waals surface area contributed by atoms with Crippen LogP contribution in [0, 0.1) is 0 Å². The minimum Gasteiger partial charge on any atom is -0.472 e. The summed E-state index contributed by atoms with van der Waals surface area (Å²) in [6, 6.07) is 14.0. The fraction of sp³-hybridized carbons (Fsp3) is 0.133. The van der Waals surface area contributed by atoms with Crippen LogP contribution in [0.3, 0.4) is 0 Å². The summed E-state index contributed by atoms with van der Waals surface area (Å²) < 4.78 is 5.74. The summed E-state index contributed by atoms with van der Waals surface area (Å²) in [5.74, 6) is 0.632. The molecule has 0 atom stereocenters. The molecule has 0 fully saturated rings. The van der Waals surface area contributed by atoms with Gasteiger partial charge in [0.15, 0.2) is 0 Å². The molecule has 0 aliphatic heterocycles. The van der Waals surface area contributed by atoms with Crippen LogP contribution in [0.25, 0.3) is 10.9 Å². The maximum Gasteiger partial charge on any atom is 0.214 e. The lowest BCUT2D eigenvalue weighted by Gasteiger charge is -2.08. The van der Waals surface area contributed by atoms with E-state index < -0.39 is 0 Å².